The predicted molar refractivity (Wildman–Crippen MR) is 75.0 cm³/mol. The summed E-state index contributed by atoms with van der Waals surface area (Å²) in [5, 5.41) is 10.5. The van der Waals surface area contributed by atoms with Gasteiger partial charge < -0.3 is 14.6 Å². The van der Waals surface area contributed by atoms with Crippen molar-refractivity contribution in [2.24, 2.45) is 0 Å². The molecule has 0 heterocycles. The molecule has 20 heavy (non-hydrogen) atoms. The summed E-state index contributed by atoms with van der Waals surface area (Å²) in [6.45, 7) is 0. The fraction of sp³-hybridized carbons (Fsp3) is 0.200. The van der Waals surface area contributed by atoms with E-state index in [1.807, 2.05) is 0 Å². The largest absolute Gasteiger partial charge is 0.496 e. The molecule has 0 bridgehead atoms. The summed E-state index contributed by atoms with van der Waals surface area (Å²) in [6.07, 6.45) is -1.08. The van der Waals surface area contributed by atoms with Gasteiger partial charge in [-0.3, -0.25) is 0 Å². The number of methoxy groups -OCH3 is 2. The van der Waals surface area contributed by atoms with Crippen LogP contribution in [0.25, 0.3) is 0 Å². The summed E-state index contributed by atoms with van der Waals surface area (Å²) < 4.78 is 24.0. The van der Waals surface area contributed by atoms with Gasteiger partial charge in [0.25, 0.3) is 0 Å². The quantitative estimate of drug-likeness (QED) is 0.937. The van der Waals surface area contributed by atoms with E-state index >= 15 is 0 Å². The van der Waals surface area contributed by atoms with Crippen molar-refractivity contribution in [1.29, 1.82) is 0 Å². The molecule has 0 fully saturated rings. The van der Waals surface area contributed by atoms with E-state index in [1.54, 1.807) is 24.3 Å². The fourth-order valence-electron chi connectivity index (χ4n) is 2.00. The maximum Gasteiger partial charge on any atom is 0.142 e. The SMILES string of the molecule is COc1cccc(OC)c1C(O)c1ccc(Cl)c(F)c1. The number of benzene rings is 2. The van der Waals surface area contributed by atoms with Crippen LogP contribution in [0, 0.1) is 5.82 Å². The van der Waals surface area contributed by atoms with Gasteiger partial charge in [-0.15, -0.1) is 0 Å². The lowest BCUT2D eigenvalue weighted by Crippen LogP contribution is -2.05. The lowest BCUT2D eigenvalue weighted by Gasteiger charge is -2.18. The van der Waals surface area contributed by atoms with Crippen molar-refractivity contribution in [2.75, 3.05) is 14.2 Å². The summed E-state index contributed by atoms with van der Waals surface area (Å²) >= 11 is 5.64. The first kappa shape index (κ1) is 14.6. The molecule has 0 amide bonds. The Balaban J connectivity index is 2.51. The number of rotatable bonds is 4. The van der Waals surface area contributed by atoms with Crippen molar-refractivity contribution in [1.82, 2.24) is 0 Å². The molecular formula is C15H14ClFO3. The zero-order chi connectivity index (χ0) is 14.7. The van der Waals surface area contributed by atoms with Crippen LogP contribution in [0.3, 0.4) is 0 Å². The van der Waals surface area contributed by atoms with Gasteiger partial charge in [0.2, 0.25) is 0 Å². The van der Waals surface area contributed by atoms with Gasteiger partial charge in [0.15, 0.2) is 0 Å². The van der Waals surface area contributed by atoms with Crippen molar-refractivity contribution >= 4 is 11.6 Å². The average Bonchev–Trinajstić information content (AvgIpc) is 2.48. The lowest BCUT2D eigenvalue weighted by molar-refractivity contribution is 0.208. The van der Waals surface area contributed by atoms with Crippen LogP contribution in [-0.2, 0) is 0 Å². The zero-order valence-electron chi connectivity index (χ0n) is 11.1. The van der Waals surface area contributed by atoms with Crippen LogP contribution in [0.4, 0.5) is 4.39 Å². The first-order chi connectivity index (χ1) is 9.58. The highest BCUT2D eigenvalue weighted by Gasteiger charge is 2.21. The Labute approximate surface area is 121 Å². The maximum atomic E-state index is 13.5. The number of halogens is 2. The third-order valence-corrected chi connectivity index (χ3v) is 3.31. The Hall–Kier alpha value is -1.78. The number of aliphatic hydroxyl groups excluding tert-OH is 1. The van der Waals surface area contributed by atoms with Crippen LogP contribution in [0.1, 0.15) is 17.2 Å². The summed E-state index contributed by atoms with van der Waals surface area (Å²) in [4.78, 5) is 0. The number of hydrogen-bond acceptors (Lipinski definition) is 3. The van der Waals surface area contributed by atoms with E-state index in [0.717, 1.165) is 0 Å². The van der Waals surface area contributed by atoms with Crippen LogP contribution in [0.15, 0.2) is 36.4 Å². The zero-order valence-corrected chi connectivity index (χ0v) is 11.8. The van der Waals surface area contributed by atoms with Crippen LogP contribution >= 0.6 is 11.6 Å². The summed E-state index contributed by atoms with van der Waals surface area (Å²) in [5.74, 6) is 0.344. The first-order valence-electron chi connectivity index (χ1n) is 5.92. The maximum absolute atomic E-state index is 13.5. The highest BCUT2D eigenvalue weighted by atomic mass is 35.5. The van der Waals surface area contributed by atoms with E-state index in [9.17, 15) is 9.50 Å². The molecule has 5 heteroatoms. The van der Waals surface area contributed by atoms with E-state index in [-0.39, 0.29) is 5.02 Å². The van der Waals surface area contributed by atoms with Gasteiger partial charge in [0.05, 0.1) is 24.8 Å². The third-order valence-electron chi connectivity index (χ3n) is 3.00. The number of aliphatic hydroxyl groups is 1. The van der Waals surface area contributed by atoms with Gasteiger partial charge in [-0.25, -0.2) is 4.39 Å². The molecule has 1 atom stereocenters. The molecule has 0 aliphatic carbocycles. The minimum Gasteiger partial charge on any atom is -0.496 e. The monoisotopic (exact) mass is 296 g/mol. The Morgan fingerprint density at radius 2 is 1.70 bits per heavy atom. The highest BCUT2D eigenvalue weighted by Crippen LogP contribution is 2.37. The van der Waals surface area contributed by atoms with Crippen LogP contribution in [0.5, 0.6) is 11.5 Å². The second-order valence-corrected chi connectivity index (χ2v) is 4.56. The molecule has 0 aliphatic rings. The van der Waals surface area contributed by atoms with Crippen molar-refractivity contribution in [2.45, 2.75) is 6.10 Å². The Kier molecular flexibility index (Phi) is 4.47. The van der Waals surface area contributed by atoms with Gasteiger partial charge in [-0.2, -0.15) is 0 Å². The molecule has 2 aromatic rings. The summed E-state index contributed by atoms with van der Waals surface area (Å²) in [5.41, 5.74) is 0.814. The molecule has 2 aromatic carbocycles. The van der Waals surface area contributed by atoms with Crippen molar-refractivity contribution in [3.8, 4) is 11.5 Å². The second-order valence-electron chi connectivity index (χ2n) is 4.15. The third kappa shape index (κ3) is 2.71. The first-order valence-corrected chi connectivity index (χ1v) is 6.30. The van der Waals surface area contributed by atoms with E-state index < -0.39 is 11.9 Å². The highest BCUT2D eigenvalue weighted by molar-refractivity contribution is 6.30. The normalized spacial score (nSPS) is 12.1. The van der Waals surface area contributed by atoms with Crippen LogP contribution < -0.4 is 9.47 Å². The molecule has 1 N–H and O–H groups in total. The average molecular weight is 297 g/mol. The predicted octanol–water partition coefficient (Wildman–Crippen LogP) is 3.58. The Morgan fingerprint density at radius 1 is 1.10 bits per heavy atom. The molecule has 3 nitrogen and oxygen atoms in total. The van der Waals surface area contributed by atoms with Gasteiger partial charge in [-0.1, -0.05) is 23.7 Å². The standard InChI is InChI=1S/C15H14ClFO3/c1-19-12-4-3-5-13(20-2)14(12)15(18)9-6-7-10(16)11(17)8-9/h3-8,15,18H,1-2H3. The van der Waals surface area contributed by atoms with Gasteiger partial charge in [0, 0.05) is 0 Å². The second kappa shape index (κ2) is 6.11. The summed E-state index contributed by atoms with van der Waals surface area (Å²) in [6, 6.07) is 9.30. The van der Waals surface area contributed by atoms with Gasteiger partial charge >= 0.3 is 0 Å². The van der Waals surface area contributed by atoms with Crippen molar-refractivity contribution in [3.05, 3.63) is 58.4 Å². The smallest absolute Gasteiger partial charge is 0.142 e. The molecule has 0 saturated carbocycles. The number of ether oxygens (including phenoxy) is 2. The molecule has 2 rings (SSSR count). The van der Waals surface area contributed by atoms with E-state index in [2.05, 4.69) is 0 Å². The van der Waals surface area contributed by atoms with E-state index in [4.69, 9.17) is 21.1 Å². The Bertz CT molecular complexity index is 594. The number of hydrogen-bond donors (Lipinski definition) is 1. The molecule has 0 aromatic heterocycles. The Morgan fingerprint density at radius 3 is 2.20 bits per heavy atom. The van der Waals surface area contributed by atoms with E-state index in [0.29, 0.717) is 22.6 Å². The molecular weight excluding hydrogens is 283 g/mol. The van der Waals surface area contributed by atoms with Crippen LogP contribution in [0.2, 0.25) is 5.02 Å². The molecule has 0 saturated heterocycles. The molecule has 1 unspecified atom stereocenters. The van der Waals surface area contributed by atoms with Crippen LogP contribution in [-0.4, -0.2) is 19.3 Å². The summed E-state index contributed by atoms with van der Waals surface area (Å²) in [7, 11) is 2.99. The minimum atomic E-state index is -1.08. The topological polar surface area (TPSA) is 38.7 Å². The van der Waals surface area contributed by atoms with Crippen molar-refractivity contribution < 1.29 is 19.0 Å². The van der Waals surface area contributed by atoms with Gasteiger partial charge in [0.1, 0.15) is 23.4 Å². The molecule has 106 valence electrons. The van der Waals surface area contributed by atoms with Crippen molar-refractivity contribution in [3.63, 3.8) is 0 Å². The van der Waals surface area contributed by atoms with Gasteiger partial charge in [-0.05, 0) is 29.8 Å². The minimum absolute atomic E-state index is 0.00735. The molecule has 0 aliphatic heterocycles. The molecule has 0 radical (unpaired) electrons. The lowest BCUT2D eigenvalue weighted by atomic mass is 9.99. The fourth-order valence-corrected chi connectivity index (χ4v) is 2.12. The van der Waals surface area contributed by atoms with E-state index in [1.165, 1.54) is 26.4 Å². The molecule has 0 spiro atoms.